The third-order valence-electron chi connectivity index (χ3n) is 3.54. The van der Waals surface area contributed by atoms with E-state index in [0.717, 1.165) is 6.42 Å². The van der Waals surface area contributed by atoms with Gasteiger partial charge in [-0.3, -0.25) is 9.59 Å². The van der Waals surface area contributed by atoms with E-state index < -0.39 is 5.54 Å². The van der Waals surface area contributed by atoms with Gasteiger partial charge in [0.25, 0.3) is 0 Å². The maximum atomic E-state index is 12.5. The van der Waals surface area contributed by atoms with Crippen molar-refractivity contribution in [2.75, 3.05) is 18.2 Å². The van der Waals surface area contributed by atoms with E-state index in [2.05, 4.69) is 19.2 Å². The van der Waals surface area contributed by atoms with E-state index in [4.69, 9.17) is 5.73 Å². The number of carbonyl (C=O) groups excluding carboxylic acids is 2. The maximum Gasteiger partial charge on any atom is 0.244 e. The molecular formula is C14H27N3O2S. The molecule has 1 aliphatic rings. The molecule has 1 fully saturated rings. The summed E-state index contributed by atoms with van der Waals surface area (Å²) in [5, 5.41) is 3.05. The summed E-state index contributed by atoms with van der Waals surface area (Å²) in [6.45, 7) is 8.41. The molecule has 0 aromatic rings. The van der Waals surface area contributed by atoms with Crippen LogP contribution in [0.1, 0.15) is 40.5 Å². The van der Waals surface area contributed by atoms with E-state index in [1.807, 2.05) is 13.8 Å². The number of amides is 2. The summed E-state index contributed by atoms with van der Waals surface area (Å²) in [4.78, 5) is 26.0. The molecule has 6 heteroatoms. The van der Waals surface area contributed by atoms with Gasteiger partial charge < -0.3 is 16.0 Å². The molecule has 2 amide bonds. The van der Waals surface area contributed by atoms with Crippen LogP contribution in [0, 0.1) is 5.92 Å². The lowest BCUT2D eigenvalue weighted by atomic mass is 9.90. The number of carbonyl (C=O) groups is 2. The van der Waals surface area contributed by atoms with Crippen LogP contribution in [0.3, 0.4) is 0 Å². The third kappa shape index (κ3) is 4.38. The molecule has 3 N–H and O–H groups in total. The number of hydrogen-bond donors (Lipinski definition) is 2. The van der Waals surface area contributed by atoms with Crippen LogP contribution in [0.15, 0.2) is 0 Å². The molecule has 0 aromatic heterocycles. The molecule has 1 aliphatic heterocycles. The molecule has 1 heterocycles. The minimum Gasteiger partial charge on any atom is -0.348 e. The highest BCUT2D eigenvalue weighted by molar-refractivity contribution is 7.99. The van der Waals surface area contributed by atoms with Crippen LogP contribution >= 0.6 is 11.8 Å². The summed E-state index contributed by atoms with van der Waals surface area (Å²) in [5.41, 5.74) is 5.42. The zero-order chi connectivity index (χ0) is 15.3. The van der Waals surface area contributed by atoms with Gasteiger partial charge >= 0.3 is 0 Å². The molecule has 0 radical (unpaired) electrons. The minimum absolute atomic E-state index is 0.0356. The van der Waals surface area contributed by atoms with Crippen LogP contribution in [-0.2, 0) is 9.59 Å². The molecule has 5 nitrogen and oxygen atoms in total. The molecule has 0 aromatic carbocycles. The first-order chi connectivity index (χ1) is 9.33. The maximum absolute atomic E-state index is 12.5. The zero-order valence-electron chi connectivity index (χ0n) is 12.9. The average molecular weight is 301 g/mol. The molecule has 116 valence electrons. The first-order valence-electron chi connectivity index (χ1n) is 7.22. The van der Waals surface area contributed by atoms with Crippen molar-refractivity contribution in [1.82, 2.24) is 10.2 Å². The molecular weight excluding hydrogens is 274 g/mol. The van der Waals surface area contributed by atoms with Crippen LogP contribution in [0.5, 0.6) is 0 Å². The van der Waals surface area contributed by atoms with E-state index >= 15 is 0 Å². The highest BCUT2D eigenvalue weighted by atomic mass is 32.2. The van der Waals surface area contributed by atoms with Crippen molar-refractivity contribution in [1.29, 1.82) is 0 Å². The fourth-order valence-corrected chi connectivity index (χ4v) is 3.76. The predicted octanol–water partition coefficient (Wildman–Crippen LogP) is 1.18. The Kier molecular flexibility index (Phi) is 6.33. The van der Waals surface area contributed by atoms with Gasteiger partial charge in [-0.1, -0.05) is 20.8 Å². The number of thioether (sulfide) groups is 1. The van der Waals surface area contributed by atoms with Crippen molar-refractivity contribution in [3.05, 3.63) is 0 Å². The minimum atomic E-state index is -0.403. The fourth-order valence-electron chi connectivity index (χ4n) is 2.58. The van der Waals surface area contributed by atoms with Crippen molar-refractivity contribution >= 4 is 23.6 Å². The summed E-state index contributed by atoms with van der Waals surface area (Å²) in [5.74, 6) is 1.68. The lowest BCUT2D eigenvalue weighted by Crippen LogP contribution is -2.57. The van der Waals surface area contributed by atoms with Crippen LogP contribution in [0.4, 0.5) is 0 Å². The van der Waals surface area contributed by atoms with Crippen molar-refractivity contribution in [3.63, 3.8) is 0 Å². The molecule has 1 rings (SSSR count). The Morgan fingerprint density at radius 1 is 1.50 bits per heavy atom. The number of nitrogens with two attached hydrogens (primary N) is 1. The van der Waals surface area contributed by atoms with Gasteiger partial charge in [-0.05, 0) is 19.3 Å². The summed E-state index contributed by atoms with van der Waals surface area (Å²) < 4.78 is 0. The first kappa shape index (κ1) is 17.3. The Morgan fingerprint density at radius 2 is 2.15 bits per heavy atom. The van der Waals surface area contributed by atoms with Crippen LogP contribution in [-0.4, -0.2) is 46.5 Å². The molecule has 0 bridgehead atoms. The normalized spacial score (nSPS) is 21.9. The van der Waals surface area contributed by atoms with Crippen LogP contribution < -0.4 is 11.1 Å². The van der Waals surface area contributed by atoms with E-state index in [9.17, 15) is 9.59 Å². The summed E-state index contributed by atoms with van der Waals surface area (Å²) in [6.07, 6.45) is 1.27. The Morgan fingerprint density at radius 3 is 2.65 bits per heavy atom. The Balaban J connectivity index is 2.71. The second-order valence-corrected chi connectivity index (χ2v) is 7.08. The highest BCUT2D eigenvalue weighted by Gasteiger charge is 2.37. The lowest BCUT2D eigenvalue weighted by Gasteiger charge is -2.33. The third-order valence-corrected chi connectivity index (χ3v) is 4.55. The largest absolute Gasteiger partial charge is 0.348 e. The Labute approximate surface area is 126 Å². The summed E-state index contributed by atoms with van der Waals surface area (Å²) in [7, 11) is 0. The van der Waals surface area contributed by atoms with E-state index in [0.29, 0.717) is 30.5 Å². The number of nitrogens with one attached hydrogen (secondary N) is 1. The van der Waals surface area contributed by atoms with Crippen LogP contribution in [0.25, 0.3) is 0 Å². The van der Waals surface area contributed by atoms with E-state index in [-0.39, 0.29) is 17.9 Å². The SMILES string of the molecule is CCC(=O)N1CSCC1C(=O)NC(C)(CN)CC(C)C. The molecule has 0 aliphatic carbocycles. The fraction of sp³-hybridized carbons (Fsp3) is 0.857. The summed E-state index contributed by atoms with van der Waals surface area (Å²) in [6, 6.07) is -0.356. The van der Waals surface area contributed by atoms with E-state index in [1.54, 1.807) is 16.7 Å². The molecule has 0 spiro atoms. The number of hydrogen-bond acceptors (Lipinski definition) is 4. The summed E-state index contributed by atoms with van der Waals surface area (Å²) >= 11 is 1.62. The van der Waals surface area contributed by atoms with Gasteiger partial charge in [-0.15, -0.1) is 11.8 Å². The smallest absolute Gasteiger partial charge is 0.244 e. The monoisotopic (exact) mass is 301 g/mol. The van der Waals surface area contributed by atoms with Crippen molar-refractivity contribution in [2.24, 2.45) is 11.7 Å². The second-order valence-electron chi connectivity index (χ2n) is 6.08. The number of rotatable bonds is 6. The average Bonchev–Trinajstić information content (AvgIpc) is 2.86. The number of nitrogens with zero attached hydrogens (tertiary/aromatic N) is 1. The highest BCUT2D eigenvalue weighted by Crippen LogP contribution is 2.23. The van der Waals surface area contributed by atoms with E-state index in [1.165, 1.54) is 0 Å². The van der Waals surface area contributed by atoms with Gasteiger partial charge in [0.1, 0.15) is 6.04 Å². The molecule has 2 atom stereocenters. The molecule has 1 saturated heterocycles. The van der Waals surface area contributed by atoms with Gasteiger partial charge in [0.15, 0.2) is 0 Å². The van der Waals surface area contributed by atoms with Gasteiger partial charge in [-0.2, -0.15) is 0 Å². The first-order valence-corrected chi connectivity index (χ1v) is 8.37. The van der Waals surface area contributed by atoms with Gasteiger partial charge in [-0.25, -0.2) is 0 Å². The Hall–Kier alpha value is -0.750. The van der Waals surface area contributed by atoms with Crippen molar-refractivity contribution < 1.29 is 9.59 Å². The lowest BCUT2D eigenvalue weighted by molar-refractivity contribution is -0.138. The predicted molar refractivity (Wildman–Crippen MR) is 83.3 cm³/mol. The zero-order valence-corrected chi connectivity index (χ0v) is 13.8. The molecule has 20 heavy (non-hydrogen) atoms. The standard InChI is InChI=1S/C14H27N3O2S/c1-5-12(18)17-9-20-7-11(17)13(19)16-14(4,8-15)6-10(2)3/h10-11H,5-9,15H2,1-4H3,(H,16,19). The second kappa shape index (κ2) is 7.31. The molecule has 2 unspecified atom stereocenters. The van der Waals surface area contributed by atoms with Crippen molar-refractivity contribution in [3.8, 4) is 0 Å². The quantitative estimate of drug-likeness (QED) is 0.772. The van der Waals surface area contributed by atoms with Crippen molar-refractivity contribution in [2.45, 2.75) is 52.1 Å². The van der Waals surface area contributed by atoms with Crippen LogP contribution in [0.2, 0.25) is 0 Å². The van der Waals surface area contributed by atoms with Gasteiger partial charge in [0.05, 0.1) is 5.88 Å². The Bertz CT molecular complexity index is 362. The topological polar surface area (TPSA) is 75.4 Å². The molecule has 0 saturated carbocycles. The van der Waals surface area contributed by atoms with Gasteiger partial charge in [0.2, 0.25) is 11.8 Å². The van der Waals surface area contributed by atoms with Gasteiger partial charge in [0, 0.05) is 24.3 Å².